The normalized spacial score (nSPS) is 22.1. The van der Waals surface area contributed by atoms with Crippen molar-refractivity contribution in [1.29, 1.82) is 0 Å². The molecule has 0 amide bonds. The fraction of sp³-hybridized carbons (Fsp3) is 0.529. The van der Waals surface area contributed by atoms with Crippen molar-refractivity contribution in [2.75, 3.05) is 0 Å². The predicted octanol–water partition coefficient (Wildman–Crippen LogP) is 8.87. The van der Waals surface area contributed by atoms with Crippen molar-refractivity contribution in [1.82, 2.24) is 0 Å². The highest BCUT2D eigenvalue weighted by atomic mass is 32.2. The average Bonchev–Trinajstić information content (AvgIpc) is 3.63. The summed E-state index contributed by atoms with van der Waals surface area (Å²) in [5.41, 5.74) is 10.2. The van der Waals surface area contributed by atoms with E-state index in [2.05, 4.69) is 36.4 Å². The van der Waals surface area contributed by atoms with Gasteiger partial charge in [-0.2, -0.15) is 4.21 Å². The van der Waals surface area contributed by atoms with Crippen LogP contribution in [0.4, 0.5) is 0 Å². The number of allylic oxidation sites excluding steroid dienone is 2. The SMILES string of the molecule is O=S1Oc2c(/C=C/C3CCCC3)cc3c(c2-c2c4c(cc(/C=C/C5CCCC5)c2O1)CCCC4)CCCC3. The van der Waals surface area contributed by atoms with Gasteiger partial charge in [-0.1, -0.05) is 50.0 Å². The Hall–Kier alpha value is -2.33. The van der Waals surface area contributed by atoms with Crippen molar-refractivity contribution in [3.8, 4) is 22.6 Å². The molecule has 4 aliphatic carbocycles. The van der Waals surface area contributed by atoms with Crippen LogP contribution in [0.5, 0.6) is 11.5 Å². The summed E-state index contributed by atoms with van der Waals surface area (Å²) in [6, 6.07) is 4.66. The molecule has 0 spiro atoms. The number of fused-ring (bicyclic) bond motifs is 7. The first-order chi connectivity index (χ1) is 18.7. The molecule has 0 atom stereocenters. The van der Waals surface area contributed by atoms with E-state index in [0.29, 0.717) is 11.8 Å². The van der Waals surface area contributed by atoms with Crippen LogP contribution in [-0.4, -0.2) is 4.21 Å². The lowest BCUT2D eigenvalue weighted by Gasteiger charge is -2.27. The van der Waals surface area contributed by atoms with E-state index in [0.717, 1.165) is 48.3 Å². The lowest BCUT2D eigenvalue weighted by atomic mass is 9.78. The number of benzene rings is 2. The van der Waals surface area contributed by atoms with Gasteiger partial charge in [-0.25, -0.2) is 0 Å². The second-order valence-electron chi connectivity index (χ2n) is 12.2. The van der Waals surface area contributed by atoms with Crippen LogP contribution >= 0.6 is 0 Å². The van der Waals surface area contributed by atoms with Gasteiger partial charge in [0.2, 0.25) is 0 Å². The van der Waals surface area contributed by atoms with E-state index in [1.54, 1.807) is 0 Å². The van der Waals surface area contributed by atoms with Gasteiger partial charge in [-0.3, -0.25) is 0 Å². The molecule has 0 unspecified atom stereocenters. The number of aryl methyl sites for hydroxylation is 2. The molecule has 38 heavy (non-hydrogen) atoms. The van der Waals surface area contributed by atoms with E-state index in [1.165, 1.54) is 110 Å². The maximum absolute atomic E-state index is 13.4. The smallest absolute Gasteiger partial charge is 0.370 e. The van der Waals surface area contributed by atoms with E-state index in [1.807, 2.05) is 0 Å². The van der Waals surface area contributed by atoms with E-state index in [9.17, 15) is 4.21 Å². The first-order valence-electron chi connectivity index (χ1n) is 15.3. The molecule has 7 rings (SSSR count). The maximum Gasteiger partial charge on any atom is 0.417 e. The zero-order chi connectivity index (χ0) is 25.5. The molecule has 0 radical (unpaired) electrons. The molecule has 2 aromatic carbocycles. The summed E-state index contributed by atoms with van der Waals surface area (Å²) in [6.45, 7) is 0. The third-order valence-electron chi connectivity index (χ3n) is 9.71. The Morgan fingerprint density at radius 3 is 1.47 bits per heavy atom. The molecule has 0 bridgehead atoms. The molecular weight excluding hydrogens is 488 g/mol. The molecule has 3 nitrogen and oxygen atoms in total. The van der Waals surface area contributed by atoms with Gasteiger partial charge in [0.05, 0.1) is 0 Å². The summed E-state index contributed by atoms with van der Waals surface area (Å²) in [5.74, 6) is 2.84. The Labute approximate surface area is 230 Å². The number of rotatable bonds is 4. The Morgan fingerprint density at radius 1 is 0.605 bits per heavy atom. The third-order valence-corrected chi connectivity index (χ3v) is 10.3. The average molecular weight is 529 g/mol. The minimum Gasteiger partial charge on any atom is -0.370 e. The molecule has 5 aliphatic rings. The van der Waals surface area contributed by atoms with E-state index >= 15 is 0 Å². The zero-order valence-electron chi connectivity index (χ0n) is 22.6. The van der Waals surface area contributed by atoms with Gasteiger partial charge >= 0.3 is 11.4 Å². The van der Waals surface area contributed by atoms with Gasteiger partial charge in [0.15, 0.2) is 11.5 Å². The summed E-state index contributed by atoms with van der Waals surface area (Å²) in [7, 11) is 0. The standard InChI is InChI=1S/C34H40O3S/c35-38-36-33-27(19-17-23-9-1-2-10-23)21-25-13-5-7-15-29(25)31(33)32-30-16-8-6-14-26(30)22-28(34(32)37-38)20-18-24-11-3-4-12-24/h17-24H,1-16H2/b19-17+,20-18+. The highest BCUT2D eigenvalue weighted by Crippen LogP contribution is 2.52. The molecule has 2 fully saturated rings. The van der Waals surface area contributed by atoms with Gasteiger partial charge < -0.3 is 8.37 Å². The van der Waals surface area contributed by atoms with Crippen LogP contribution in [0.2, 0.25) is 0 Å². The van der Waals surface area contributed by atoms with Crippen LogP contribution in [-0.2, 0) is 37.0 Å². The fourth-order valence-electron chi connectivity index (χ4n) is 7.70. The molecule has 4 heteroatoms. The van der Waals surface area contributed by atoms with Crippen molar-refractivity contribution in [3.63, 3.8) is 0 Å². The van der Waals surface area contributed by atoms with Crippen LogP contribution in [0.1, 0.15) is 110 Å². The quantitative estimate of drug-likeness (QED) is 0.397. The second kappa shape index (κ2) is 10.7. The molecule has 0 N–H and O–H groups in total. The lowest BCUT2D eigenvalue weighted by Crippen LogP contribution is -2.10. The first kappa shape index (κ1) is 24.7. The molecule has 2 aromatic rings. The fourth-order valence-corrected chi connectivity index (χ4v) is 8.37. The summed E-state index contributed by atoms with van der Waals surface area (Å²) in [6.07, 6.45) is 28.8. The van der Waals surface area contributed by atoms with E-state index in [-0.39, 0.29) is 0 Å². The molecule has 200 valence electrons. The van der Waals surface area contributed by atoms with Crippen molar-refractivity contribution >= 4 is 23.5 Å². The molecule has 1 heterocycles. The Bertz CT molecular complexity index is 1210. The van der Waals surface area contributed by atoms with E-state index in [4.69, 9.17) is 8.37 Å². The Kier molecular flexibility index (Phi) is 6.94. The summed E-state index contributed by atoms with van der Waals surface area (Å²) >= 11 is -1.88. The Balaban J connectivity index is 1.45. The minimum absolute atomic E-state index is 0.640. The van der Waals surface area contributed by atoms with Gasteiger partial charge in [-0.05, 0) is 123 Å². The van der Waals surface area contributed by atoms with Crippen LogP contribution in [0.3, 0.4) is 0 Å². The van der Waals surface area contributed by atoms with Crippen LogP contribution in [0.25, 0.3) is 23.3 Å². The second-order valence-corrected chi connectivity index (χ2v) is 12.9. The van der Waals surface area contributed by atoms with Crippen molar-refractivity contribution in [2.24, 2.45) is 11.8 Å². The topological polar surface area (TPSA) is 35.5 Å². The summed E-state index contributed by atoms with van der Waals surface area (Å²) in [5, 5.41) is 0. The monoisotopic (exact) mass is 528 g/mol. The summed E-state index contributed by atoms with van der Waals surface area (Å²) < 4.78 is 25.9. The van der Waals surface area contributed by atoms with Crippen molar-refractivity contribution in [2.45, 2.75) is 103 Å². The minimum atomic E-state index is -1.88. The van der Waals surface area contributed by atoms with Gasteiger partial charge in [0, 0.05) is 22.3 Å². The first-order valence-corrected chi connectivity index (χ1v) is 16.3. The van der Waals surface area contributed by atoms with Crippen molar-refractivity contribution in [3.05, 3.63) is 57.7 Å². The number of hydrogen-bond donors (Lipinski definition) is 0. The van der Waals surface area contributed by atoms with Gasteiger partial charge in [-0.15, -0.1) is 0 Å². The van der Waals surface area contributed by atoms with Gasteiger partial charge in [0.1, 0.15) is 0 Å². The van der Waals surface area contributed by atoms with Crippen molar-refractivity contribution < 1.29 is 12.6 Å². The van der Waals surface area contributed by atoms with E-state index < -0.39 is 11.4 Å². The van der Waals surface area contributed by atoms with Gasteiger partial charge in [0.25, 0.3) is 0 Å². The third kappa shape index (κ3) is 4.68. The summed E-state index contributed by atoms with van der Waals surface area (Å²) in [4.78, 5) is 0. The molecule has 0 saturated heterocycles. The Morgan fingerprint density at radius 2 is 1.03 bits per heavy atom. The predicted molar refractivity (Wildman–Crippen MR) is 157 cm³/mol. The molecule has 1 aliphatic heterocycles. The highest BCUT2D eigenvalue weighted by molar-refractivity contribution is 7.76. The zero-order valence-corrected chi connectivity index (χ0v) is 23.4. The highest BCUT2D eigenvalue weighted by Gasteiger charge is 2.33. The lowest BCUT2D eigenvalue weighted by molar-refractivity contribution is 0.467. The molecule has 2 saturated carbocycles. The molecule has 0 aromatic heterocycles. The van der Waals surface area contributed by atoms with Crippen LogP contribution in [0, 0.1) is 11.8 Å². The number of hydrogen-bond acceptors (Lipinski definition) is 3. The molecular formula is C34H40O3S. The largest absolute Gasteiger partial charge is 0.417 e. The van der Waals surface area contributed by atoms with Crippen LogP contribution in [0.15, 0.2) is 24.3 Å². The van der Waals surface area contributed by atoms with Crippen LogP contribution < -0.4 is 8.37 Å². The maximum atomic E-state index is 13.4.